The first-order valence-electron chi connectivity index (χ1n) is 7.33. The zero-order chi connectivity index (χ0) is 14.7. The van der Waals surface area contributed by atoms with Crippen molar-refractivity contribution < 1.29 is 0 Å². The van der Waals surface area contributed by atoms with Gasteiger partial charge in [0.2, 0.25) is 5.95 Å². The fourth-order valence-corrected chi connectivity index (χ4v) is 3.63. The van der Waals surface area contributed by atoms with Crippen LogP contribution >= 0.6 is 11.8 Å². The number of nitrogens with two attached hydrogens (primary N) is 1. The summed E-state index contributed by atoms with van der Waals surface area (Å²) in [6, 6.07) is 8.50. The number of para-hydroxylation sites is 1. The number of nitrogens with one attached hydrogen (secondary N) is 2. The van der Waals surface area contributed by atoms with E-state index in [4.69, 9.17) is 5.84 Å². The molecule has 0 radical (unpaired) electrons. The van der Waals surface area contributed by atoms with Gasteiger partial charge in [-0.3, -0.25) is 5.43 Å². The Balaban J connectivity index is 1.83. The molecule has 0 spiro atoms. The number of hydrazine groups is 1. The van der Waals surface area contributed by atoms with Crippen LogP contribution in [-0.4, -0.2) is 27.5 Å². The van der Waals surface area contributed by atoms with Crippen LogP contribution in [0.3, 0.4) is 0 Å². The minimum absolute atomic E-state index is 0.453. The Bertz CT molecular complexity index is 610. The largest absolute Gasteiger partial charge is 0.367 e. The summed E-state index contributed by atoms with van der Waals surface area (Å²) in [6.07, 6.45) is 7.12. The molecule has 0 bridgehead atoms. The van der Waals surface area contributed by atoms with E-state index < -0.39 is 0 Å². The third kappa shape index (κ3) is 3.22. The molecule has 1 aromatic heterocycles. The van der Waals surface area contributed by atoms with Crippen molar-refractivity contribution in [2.75, 3.05) is 17.0 Å². The molecule has 1 saturated carbocycles. The molecular formula is C15H21N5S. The van der Waals surface area contributed by atoms with Crippen molar-refractivity contribution in [3.8, 4) is 0 Å². The fraction of sp³-hybridized carbons (Fsp3) is 0.467. The molecule has 1 fully saturated rings. The van der Waals surface area contributed by atoms with Gasteiger partial charge in [0.25, 0.3) is 0 Å². The van der Waals surface area contributed by atoms with E-state index in [1.54, 1.807) is 0 Å². The Labute approximate surface area is 129 Å². The van der Waals surface area contributed by atoms with Crippen molar-refractivity contribution in [2.45, 2.75) is 37.0 Å². The monoisotopic (exact) mass is 303 g/mol. The van der Waals surface area contributed by atoms with Gasteiger partial charge in [0.1, 0.15) is 5.82 Å². The van der Waals surface area contributed by atoms with Gasteiger partial charge in [-0.25, -0.2) is 10.8 Å². The van der Waals surface area contributed by atoms with Crippen LogP contribution in [0.2, 0.25) is 0 Å². The second-order valence-electron chi connectivity index (χ2n) is 5.41. The number of thioether (sulfide) groups is 1. The van der Waals surface area contributed by atoms with Gasteiger partial charge in [0, 0.05) is 16.7 Å². The van der Waals surface area contributed by atoms with Gasteiger partial charge in [-0.2, -0.15) is 16.7 Å². The lowest BCUT2D eigenvalue weighted by molar-refractivity contribution is 0.472. The highest BCUT2D eigenvalue weighted by Crippen LogP contribution is 2.30. The molecule has 21 heavy (non-hydrogen) atoms. The number of nitrogens with zero attached hydrogens (tertiary/aromatic N) is 2. The second kappa shape index (κ2) is 6.49. The van der Waals surface area contributed by atoms with Crippen molar-refractivity contribution >= 4 is 34.4 Å². The Morgan fingerprint density at radius 1 is 1.14 bits per heavy atom. The normalized spacial score (nSPS) is 22.2. The standard InChI is InChI=1S/C15H21N5S/c1-21-11-8-6-10(7-9-11)17-14-12-4-2-3-5-13(12)18-15(19-14)20-16/h2-5,10-11H,6-9,16H2,1H3,(H2,17,18,19,20). The first-order valence-corrected chi connectivity index (χ1v) is 8.61. The molecule has 0 unspecified atom stereocenters. The summed E-state index contributed by atoms with van der Waals surface area (Å²) in [6.45, 7) is 0. The molecule has 3 rings (SSSR count). The molecule has 0 atom stereocenters. The molecule has 0 saturated heterocycles. The zero-order valence-electron chi connectivity index (χ0n) is 12.2. The van der Waals surface area contributed by atoms with E-state index in [0.29, 0.717) is 12.0 Å². The first kappa shape index (κ1) is 14.4. The van der Waals surface area contributed by atoms with Gasteiger partial charge in [-0.05, 0) is 44.1 Å². The lowest BCUT2D eigenvalue weighted by atomic mass is 9.95. The molecular weight excluding hydrogens is 282 g/mol. The average Bonchev–Trinajstić information content (AvgIpc) is 2.55. The number of nitrogen functional groups attached to an aromatic ring is 1. The Morgan fingerprint density at radius 3 is 2.62 bits per heavy atom. The van der Waals surface area contributed by atoms with E-state index in [1.807, 2.05) is 36.0 Å². The summed E-state index contributed by atoms with van der Waals surface area (Å²) < 4.78 is 0. The van der Waals surface area contributed by atoms with Gasteiger partial charge in [0.15, 0.2) is 0 Å². The lowest BCUT2D eigenvalue weighted by Crippen LogP contribution is -2.27. The molecule has 0 amide bonds. The number of hydrogen-bond acceptors (Lipinski definition) is 6. The van der Waals surface area contributed by atoms with Gasteiger partial charge in [-0.15, -0.1) is 0 Å². The quantitative estimate of drug-likeness (QED) is 0.595. The zero-order valence-corrected chi connectivity index (χ0v) is 13.0. The molecule has 112 valence electrons. The predicted molar refractivity (Wildman–Crippen MR) is 90.5 cm³/mol. The van der Waals surface area contributed by atoms with Gasteiger partial charge in [0.05, 0.1) is 5.52 Å². The van der Waals surface area contributed by atoms with Crippen LogP contribution in [0.25, 0.3) is 10.9 Å². The maximum atomic E-state index is 5.47. The summed E-state index contributed by atoms with van der Waals surface area (Å²) in [5.74, 6) is 6.80. The fourth-order valence-electron chi connectivity index (χ4n) is 2.89. The van der Waals surface area contributed by atoms with Crippen molar-refractivity contribution in [3.63, 3.8) is 0 Å². The van der Waals surface area contributed by atoms with Crippen molar-refractivity contribution in [3.05, 3.63) is 24.3 Å². The van der Waals surface area contributed by atoms with E-state index in [2.05, 4.69) is 27.0 Å². The van der Waals surface area contributed by atoms with E-state index in [1.165, 1.54) is 25.7 Å². The molecule has 1 aliphatic rings. The Hall–Kier alpha value is -1.53. The lowest BCUT2D eigenvalue weighted by Gasteiger charge is -2.28. The van der Waals surface area contributed by atoms with E-state index in [-0.39, 0.29) is 0 Å². The number of aromatic nitrogens is 2. The number of fused-ring (bicyclic) bond motifs is 1. The van der Waals surface area contributed by atoms with Crippen LogP contribution in [-0.2, 0) is 0 Å². The summed E-state index contributed by atoms with van der Waals surface area (Å²) in [7, 11) is 0. The van der Waals surface area contributed by atoms with Crippen molar-refractivity contribution in [1.29, 1.82) is 0 Å². The van der Waals surface area contributed by atoms with Gasteiger partial charge >= 0.3 is 0 Å². The molecule has 2 aromatic rings. The van der Waals surface area contributed by atoms with Crippen LogP contribution in [0.5, 0.6) is 0 Å². The molecule has 1 aromatic carbocycles. The maximum absolute atomic E-state index is 5.47. The number of benzene rings is 1. The molecule has 1 heterocycles. The van der Waals surface area contributed by atoms with E-state index in [0.717, 1.165) is 22.0 Å². The van der Waals surface area contributed by atoms with Crippen LogP contribution in [0.4, 0.5) is 11.8 Å². The minimum atomic E-state index is 0.453. The summed E-state index contributed by atoms with van der Waals surface area (Å²) in [4.78, 5) is 8.87. The van der Waals surface area contributed by atoms with E-state index in [9.17, 15) is 0 Å². The molecule has 4 N–H and O–H groups in total. The van der Waals surface area contributed by atoms with E-state index >= 15 is 0 Å². The highest BCUT2D eigenvalue weighted by atomic mass is 32.2. The maximum Gasteiger partial charge on any atom is 0.239 e. The minimum Gasteiger partial charge on any atom is -0.367 e. The smallest absolute Gasteiger partial charge is 0.239 e. The Kier molecular flexibility index (Phi) is 4.45. The average molecular weight is 303 g/mol. The third-order valence-electron chi connectivity index (χ3n) is 4.08. The third-order valence-corrected chi connectivity index (χ3v) is 5.22. The second-order valence-corrected chi connectivity index (χ2v) is 6.55. The number of rotatable bonds is 4. The molecule has 5 nitrogen and oxygen atoms in total. The summed E-state index contributed by atoms with van der Waals surface area (Å²) >= 11 is 1.98. The van der Waals surface area contributed by atoms with Crippen LogP contribution < -0.4 is 16.6 Å². The van der Waals surface area contributed by atoms with Crippen molar-refractivity contribution in [1.82, 2.24) is 9.97 Å². The highest BCUT2D eigenvalue weighted by Gasteiger charge is 2.21. The van der Waals surface area contributed by atoms with Gasteiger partial charge in [-0.1, -0.05) is 12.1 Å². The topological polar surface area (TPSA) is 75.9 Å². The first-order chi connectivity index (χ1) is 10.3. The Morgan fingerprint density at radius 2 is 1.90 bits per heavy atom. The predicted octanol–water partition coefficient (Wildman–Crippen LogP) is 3.00. The summed E-state index contributed by atoms with van der Waals surface area (Å²) in [5.41, 5.74) is 3.45. The number of hydrogen-bond donors (Lipinski definition) is 3. The number of anilines is 2. The SMILES string of the molecule is CSC1CCC(Nc2nc(NN)nc3ccccc23)CC1. The highest BCUT2D eigenvalue weighted by molar-refractivity contribution is 7.99. The van der Waals surface area contributed by atoms with Crippen LogP contribution in [0.15, 0.2) is 24.3 Å². The van der Waals surface area contributed by atoms with Crippen LogP contribution in [0, 0.1) is 0 Å². The molecule has 0 aliphatic heterocycles. The summed E-state index contributed by atoms with van der Waals surface area (Å²) in [5, 5.41) is 5.44. The van der Waals surface area contributed by atoms with Crippen molar-refractivity contribution in [2.24, 2.45) is 5.84 Å². The molecule has 1 aliphatic carbocycles. The van der Waals surface area contributed by atoms with Gasteiger partial charge < -0.3 is 5.32 Å². The molecule has 6 heteroatoms. The van der Waals surface area contributed by atoms with Crippen LogP contribution in [0.1, 0.15) is 25.7 Å².